The highest BCUT2D eigenvalue weighted by atomic mass is 79.9. The van der Waals surface area contributed by atoms with E-state index in [0.29, 0.717) is 0 Å². The van der Waals surface area contributed by atoms with E-state index in [2.05, 4.69) is 20.7 Å². The van der Waals surface area contributed by atoms with Crippen LogP contribution >= 0.6 is 15.9 Å². The van der Waals surface area contributed by atoms with Crippen molar-refractivity contribution in [1.82, 2.24) is 4.72 Å². The van der Waals surface area contributed by atoms with E-state index < -0.39 is 10.0 Å². The van der Waals surface area contributed by atoms with Gasteiger partial charge in [-0.25, -0.2) is 13.1 Å². The maximum absolute atomic E-state index is 11.3. The Morgan fingerprint density at radius 3 is 2.69 bits per heavy atom. The molecule has 13 heavy (non-hydrogen) atoms. The maximum atomic E-state index is 11.3. The lowest BCUT2D eigenvalue weighted by Crippen LogP contribution is -2.18. The van der Waals surface area contributed by atoms with Crippen LogP contribution in [0.25, 0.3) is 0 Å². The Kier molecular flexibility index (Phi) is 3.12. The average molecular weight is 270 g/mol. The van der Waals surface area contributed by atoms with Crippen LogP contribution in [-0.4, -0.2) is 20.6 Å². The maximum Gasteiger partial charge on any atom is 0.244 e. The van der Waals surface area contributed by atoms with Gasteiger partial charge in [-0.05, 0) is 23.0 Å². The Labute approximate surface area is 83.9 Å². The molecule has 0 fully saturated rings. The fraction of sp³-hybridized carbons (Fsp3) is 0.333. The zero-order valence-electron chi connectivity index (χ0n) is 6.74. The van der Waals surface area contributed by atoms with Crippen LogP contribution in [0.5, 0.6) is 0 Å². The van der Waals surface area contributed by atoms with Gasteiger partial charge in [0.05, 0.1) is 0 Å². The SMILES string of the molecule is CNS(=O)(=O)c1cc(CO)oc1Br. The van der Waals surface area contributed by atoms with E-state index in [-0.39, 0.29) is 21.9 Å². The molecule has 0 aromatic carbocycles. The van der Waals surface area contributed by atoms with Crippen molar-refractivity contribution in [3.8, 4) is 0 Å². The summed E-state index contributed by atoms with van der Waals surface area (Å²) in [5.41, 5.74) is 0. The number of hydrogen-bond donors (Lipinski definition) is 2. The van der Waals surface area contributed by atoms with Crippen molar-refractivity contribution in [2.75, 3.05) is 7.05 Å². The van der Waals surface area contributed by atoms with Crippen molar-refractivity contribution < 1.29 is 17.9 Å². The monoisotopic (exact) mass is 269 g/mol. The number of aliphatic hydroxyl groups excluding tert-OH is 1. The fourth-order valence-electron chi connectivity index (χ4n) is 0.769. The van der Waals surface area contributed by atoms with E-state index in [9.17, 15) is 8.42 Å². The fourth-order valence-corrected chi connectivity index (χ4v) is 2.49. The predicted molar refractivity (Wildman–Crippen MR) is 48.6 cm³/mol. The third-order valence-electron chi connectivity index (χ3n) is 1.42. The van der Waals surface area contributed by atoms with Crippen molar-refractivity contribution in [2.45, 2.75) is 11.5 Å². The molecule has 0 unspecified atom stereocenters. The second-order valence-corrected chi connectivity index (χ2v) is 4.79. The first kappa shape index (κ1) is 10.7. The van der Waals surface area contributed by atoms with E-state index in [1.54, 1.807) is 0 Å². The van der Waals surface area contributed by atoms with Crippen LogP contribution in [0, 0.1) is 0 Å². The van der Waals surface area contributed by atoms with Crippen molar-refractivity contribution in [1.29, 1.82) is 0 Å². The van der Waals surface area contributed by atoms with Gasteiger partial charge in [-0.3, -0.25) is 0 Å². The number of aliphatic hydroxyl groups is 1. The lowest BCUT2D eigenvalue weighted by atomic mass is 10.5. The molecule has 2 N–H and O–H groups in total. The number of furan rings is 1. The predicted octanol–water partition coefficient (Wildman–Crippen LogP) is 0.443. The van der Waals surface area contributed by atoms with E-state index in [1.807, 2.05) is 0 Å². The molecule has 0 atom stereocenters. The van der Waals surface area contributed by atoms with Gasteiger partial charge in [0.25, 0.3) is 0 Å². The number of sulfonamides is 1. The molecule has 0 aliphatic carbocycles. The normalized spacial score (nSPS) is 11.9. The molecule has 0 radical (unpaired) electrons. The second-order valence-electron chi connectivity index (χ2n) is 2.22. The highest BCUT2D eigenvalue weighted by Crippen LogP contribution is 2.25. The molecule has 74 valence electrons. The molecule has 0 amide bonds. The van der Waals surface area contributed by atoms with Gasteiger partial charge in [0.2, 0.25) is 10.0 Å². The Balaban J connectivity index is 3.23. The van der Waals surface area contributed by atoms with Crippen LogP contribution in [0.2, 0.25) is 0 Å². The van der Waals surface area contributed by atoms with Gasteiger partial charge in [-0.2, -0.15) is 0 Å². The standard InChI is InChI=1S/C6H8BrNO4S/c1-8-13(10,11)5-2-4(3-9)12-6(5)7/h2,8-9H,3H2,1H3. The second kappa shape index (κ2) is 3.79. The highest BCUT2D eigenvalue weighted by molar-refractivity contribution is 9.10. The van der Waals surface area contributed by atoms with Crippen LogP contribution in [0.1, 0.15) is 5.76 Å². The van der Waals surface area contributed by atoms with Gasteiger partial charge in [0, 0.05) is 6.07 Å². The van der Waals surface area contributed by atoms with Gasteiger partial charge in [-0.1, -0.05) is 0 Å². The Morgan fingerprint density at radius 1 is 1.69 bits per heavy atom. The first-order valence-corrected chi connectivity index (χ1v) is 5.61. The summed E-state index contributed by atoms with van der Waals surface area (Å²) < 4.78 is 29.7. The van der Waals surface area contributed by atoms with Gasteiger partial charge >= 0.3 is 0 Å². The summed E-state index contributed by atoms with van der Waals surface area (Å²) in [5.74, 6) is 0.195. The molecule has 0 saturated heterocycles. The molecule has 1 heterocycles. The summed E-state index contributed by atoms with van der Waals surface area (Å²) in [5, 5.41) is 8.68. The minimum Gasteiger partial charge on any atom is -0.450 e. The molecular weight excluding hydrogens is 262 g/mol. The zero-order chi connectivity index (χ0) is 10.1. The Hall–Kier alpha value is -0.370. The van der Waals surface area contributed by atoms with Gasteiger partial charge in [0.15, 0.2) is 4.67 Å². The van der Waals surface area contributed by atoms with Gasteiger partial charge in [0.1, 0.15) is 17.3 Å². The Morgan fingerprint density at radius 2 is 2.31 bits per heavy atom. The molecule has 1 rings (SSSR count). The van der Waals surface area contributed by atoms with Crippen molar-refractivity contribution in [3.63, 3.8) is 0 Å². The lowest BCUT2D eigenvalue weighted by molar-refractivity contribution is 0.245. The molecule has 1 aromatic rings. The molecule has 1 aromatic heterocycles. The summed E-state index contributed by atoms with van der Waals surface area (Å²) in [6, 6.07) is 1.26. The molecule has 0 saturated carbocycles. The summed E-state index contributed by atoms with van der Waals surface area (Å²) in [6.07, 6.45) is 0. The zero-order valence-corrected chi connectivity index (χ0v) is 9.15. The first-order valence-electron chi connectivity index (χ1n) is 3.34. The first-order chi connectivity index (χ1) is 6.01. The van der Waals surface area contributed by atoms with E-state index in [4.69, 9.17) is 9.52 Å². The minimum atomic E-state index is -3.52. The number of hydrogen-bond acceptors (Lipinski definition) is 4. The molecule has 0 aliphatic rings. The van der Waals surface area contributed by atoms with E-state index >= 15 is 0 Å². The summed E-state index contributed by atoms with van der Waals surface area (Å²) >= 11 is 2.94. The van der Waals surface area contributed by atoms with Crippen molar-refractivity contribution >= 4 is 26.0 Å². The third-order valence-corrected chi connectivity index (χ3v) is 3.69. The molecule has 5 nitrogen and oxygen atoms in total. The molecule has 7 heteroatoms. The minimum absolute atomic E-state index is 0.0148. The molecule has 0 spiro atoms. The molecular formula is C6H8BrNO4S. The van der Waals surface area contributed by atoms with Crippen LogP contribution in [0.15, 0.2) is 20.0 Å². The smallest absolute Gasteiger partial charge is 0.244 e. The van der Waals surface area contributed by atoms with Crippen molar-refractivity contribution in [2.24, 2.45) is 0 Å². The lowest BCUT2D eigenvalue weighted by Gasteiger charge is -1.96. The number of nitrogens with one attached hydrogen (secondary N) is 1. The Bertz CT molecular complexity index is 397. The average Bonchev–Trinajstić information content (AvgIpc) is 2.47. The van der Waals surface area contributed by atoms with E-state index in [0.717, 1.165) is 0 Å². The van der Waals surface area contributed by atoms with Crippen LogP contribution in [0.3, 0.4) is 0 Å². The molecule has 0 bridgehead atoms. The topological polar surface area (TPSA) is 79.5 Å². The summed E-state index contributed by atoms with van der Waals surface area (Å²) in [4.78, 5) is -0.0148. The van der Waals surface area contributed by atoms with Crippen LogP contribution in [-0.2, 0) is 16.6 Å². The number of halogens is 1. The van der Waals surface area contributed by atoms with Crippen molar-refractivity contribution in [3.05, 3.63) is 16.5 Å². The van der Waals surface area contributed by atoms with Gasteiger partial charge < -0.3 is 9.52 Å². The number of rotatable bonds is 3. The van der Waals surface area contributed by atoms with E-state index in [1.165, 1.54) is 13.1 Å². The summed E-state index contributed by atoms with van der Waals surface area (Å²) in [7, 11) is -2.22. The highest BCUT2D eigenvalue weighted by Gasteiger charge is 2.20. The summed E-state index contributed by atoms with van der Waals surface area (Å²) in [6.45, 7) is -0.335. The third kappa shape index (κ3) is 2.11. The van der Waals surface area contributed by atoms with Crippen LogP contribution in [0.4, 0.5) is 0 Å². The van der Waals surface area contributed by atoms with Crippen LogP contribution < -0.4 is 4.72 Å². The quantitative estimate of drug-likeness (QED) is 0.835. The molecule has 0 aliphatic heterocycles. The van der Waals surface area contributed by atoms with Gasteiger partial charge in [-0.15, -0.1) is 0 Å². The largest absolute Gasteiger partial charge is 0.450 e.